The highest BCUT2D eigenvalue weighted by atomic mass is 32.2. The molecule has 0 heterocycles. The Morgan fingerprint density at radius 3 is 2.81 bits per heavy atom. The maximum absolute atomic E-state index is 11.1. The van der Waals surface area contributed by atoms with Crippen molar-refractivity contribution in [1.82, 2.24) is 0 Å². The molecule has 0 aliphatic heterocycles. The molecule has 0 bridgehead atoms. The number of benzene rings is 1. The third-order valence-corrected chi connectivity index (χ3v) is 3.01. The first kappa shape index (κ1) is 12.9. The molecule has 0 aliphatic rings. The van der Waals surface area contributed by atoms with Crippen molar-refractivity contribution in [2.75, 3.05) is 18.7 Å². The number of nitrogens with one attached hydrogen (secondary N) is 1. The van der Waals surface area contributed by atoms with Gasteiger partial charge in [-0.2, -0.15) is 0 Å². The first-order valence-electron chi connectivity index (χ1n) is 5.13. The monoisotopic (exact) mass is 239 g/mol. The Balaban J connectivity index is 2.61. The molecule has 1 atom stereocenters. The second kappa shape index (κ2) is 6.43. The topological polar surface area (TPSA) is 38.3 Å². The van der Waals surface area contributed by atoms with Gasteiger partial charge in [0.2, 0.25) is 0 Å². The Morgan fingerprint density at radius 1 is 1.50 bits per heavy atom. The summed E-state index contributed by atoms with van der Waals surface area (Å²) in [5.41, 5.74) is 1.06. The Labute approximate surface area is 101 Å². The molecule has 0 saturated heterocycles. The van der Waals surface area contributed by atoms with Crippen molar-refractivity contribution in [3.8, 4) is 0 Å². The molecular weight excluding hydrogens is 222 g/mol. The first-order valence-corrected chi connectivity index (χ1v) is 6.36. The van der Waals surface area contributed by atoms with E-state index in [2.05, 4.69) is 16.1 Å². The van der Waals surface area contributed by atoms with E-state index in [-0.39, 0.29) is 12.0 Å². The zero-order chi connectivity index (χ0) is 12.0. The van der Waals surface area contributed by atoms with Crippen LogP contribution in [0.15, 0.2) is 29.2 Å². The quantitative estimate of drug-likeness (QED) is 0.633. The second-order valence-electron chi connectivity index (χ2n) is 3.53. The van der Waals surface area contributed by atoms with Gasteiger partial charge in [0, 0.05) is 16.6 Å². The van der Waals surface area contributed by atoms with Gasteiger partial charge in [-0.25, -0.2) is 0 Å². The molecule has 0 amide bonds. The van der Waals surface area contributed by atoms with Crippen LogP contribution >= 0.6 is 11.8 Å². The van der Waals surface area contributed by atoms with Crippen molar-refractivity contribution >= 4 is 23.4 Å². The Bertz CT molecular complexity index is 355. The molecule has 1 N–H and O–H groups in total. The van der Waals surface area contributed by atoms with E-state index in [9.17, 15) is 4.79 Å². The minimum absolute atomic E-state index is 0.0701. The van der Waals surface area contributed by atoms with E-state index in [1.54, 1.807) is 11.8 Å². The third-order valence-electron chi connectivity index (χ3n) is 2.21. The summed E-state index contributed by atoms with van der Waals surface area (Å²) in [4.78, 5) is 12.3. The van der Waals surface area contributed by atoms with Gasteiger partial charge < -0.3 is 10.1 Å². The van der Waals surface area contributed by atoms with E-state index < -0.39 is 0 Å². The predicted octanol–water partition coefficient (Wildman–Crippen LogP) is 2.77. The highest BCUT2D eigenvalue weighted by Crippen LogP contribution is 2.25. The second-order valence-corrected chi connectivity index (χ2v) is 4.37. The summed E-state index contributed by atoms with van der Waals surface area (Å²) in [7, 11) is 1.41. The van der Waals surface area contributed by atoms with Gasteiger partial charge in [-0.15, -0.1) is 11.8 Å². The largest absolute Gasteiger partial charge is 0.469 e. The van der Waals surface area contributed by atoms with Crippen molar-refractivity contribution < 1.29 is 9.53 Å². The molecule has 1 rings (SSSR count). The summed E-state index contributed by atoms with van der Waals surface area (Å²) >= 11 is 1.68. The molecule has 88 valence electrons. The number of para-hydroxylation sites is 1. The van der Waals surface area contributed by atoms with E-state index in [4.69, 9.17) is 0 Å². The molecule has 1 aromatic rings. The molecule has 1 aromatic carbocycles. The number of carbonyl (C=O) groups is 1. The van der Waals surface area contributed by atoms with E-state index in [1.807, 2.05) is 31.4 Å². The summed E-state index contributed by atoms with van der Waals surface area (Å²) in [5.74, 6) is -0.193. The molecule has 4 heteroatoms. The fourth-order valence-corrected chi connectivity index (χ4v) is 1.98. The van der Waals surface area contributed by atoms with Crippen LogP contribution < -0.4 is 5.32 Å². The molecule has 3 nitrogen and oxygen atoms in total. The molecular formula is C12H17NO2S. The van der Waals surface area contributed by atoms with Gasteiger partial charge in [0.05, 0.1) is 13.5 Å². The van der Waals surface area contributed by atoms with Gasteiger partial charge in [-0.3, -0.25) is 4.79 Å². The maximum atomic E-state index is 11.1. The number of esters is 1. The van der Waals surface area contributed by atoms with Gasteiger partial charge in [-0.05, 0) is 25.3 Å². The standard InChI is InChI=1S/C12H17NO2S/c1-9(8-12(14)15-2)13-10-6-4-5-7-11(10)16-3/h4-7,9,13H,8H2,1-3H3. The van der Waals surface area contributed by atoms with Gasteiger partial charge in [0.25, 0.3) is 0 Å². The average Bonchev–Trinajstić information content (AvgIpc) is 2.29. The van der Waals surface area contributed by atoms with E-state index in [0.717, 1.165) is 5.69 Å². The fraction of sp³-hybridized carbons (Fsp3) is 0.417. The van der Waals surface area contributed by atoms with Crippen molar-refractivity contribution in [2.45, 2.75) is 24.3 Å². The number of rotatable bonds is 5. The minimum atomic E-state index is -0.193. The van der Waals surface area contributed by atoms with Crippen LogP contribution in [-0.2, 0) is 9.53 Å². The lowest BCUT2D eigenvalue weighted by Gasteiger charge is -2.16. The zero-order valence-electron chi connectivity index (χ0n) is 9.82. The Morgan fingerprint density at radius 2 is 2.19 bits per heavy atom. The van der Waals surface area contributed by atoms with Crippen molar-refractivity contribution in [3.05, 3.63) is 24.3 Å². The van der Waals surface area contributed by atoms with E-state index >= 15 is 0 Å². The summed E-state index contributed by atoms with van der Waals surface area (Å²) < 4.78 is 4.63. The van der Waals surface area contributed by atoms with Crippen LogP contribution in [0.5, 0.6) is 0 Å². The van der Waals surface area contributed by atoms with E-state index in [1.165, 1.54) is 12.0 Å². The number of carbonyl (C=O) groups excluding carboxylic acids is 1. The lowest BCUT2D eigenvalue weighted by Crippen LogP contribution is -2.20. The lowest BCUT2D eigenvalue weighted by atomic mass is 10.2. The van der Waals surface area contributed by atoms with Crippen LogP contribution in [0.1, 0.15) is 13.3 Å². The van der Waals surface area contributed by atoms with Crippen molar-refractivity contribution in [1.29, 1.82) is 0 Å². The van der Waals surface area contributed by atoms with Crippen LogP contribution in [0.2, 0.25) is 0 Å². The number of ether oxygens (including phenoxy) is 1. The average molecular weight is 239 g/mol. The first-order chi connectivity index (χ1) is 7.67. The molecule has 16 heavy (non-hydrogen) atoms. The summed E-state index contributed by atoms with van der Waals surface area (Å²) in [5, 5.41) is 3.30. The van der Waals surface area contributed by atoms with E-state index in [0.29, 0.717) is 6.42 Å². The summed E-state index contributed by atoms with van der Waals surface area (Å²) in [6.45, 7) is 1.97. The molecule has 0 radical (unpaired) electrons. The van der Waals surface area contributed by atoms with Crippen LogP contribution in [0.4, 0.5) is 5.69 Å². The van der Waals surface area contributed by atoms with Crippen molar-refractivity contribution in [2.24, 2.45) is 0 Å². The SMILES string of the molecule is COC(=O)CC(C)Nc1ccccc1SC. The Kier molecular flexibility index (Phi) is 5.19. The highest BCUT2D eigenvalue weighted by Gasteiger charge is 2.10. The Hall–Kier alpha value is -1.16. The number of thioether (sulfide) groups is 1. The van der Waals surface area contributed by atoms with Crippen LogP contribution in [-0.4, -0.2) is 25.4 Å². The number of methoxy groups -OCH3 is 1. The summed E-state index contributed by atoms with van der Waals surface area (Å²) in [6.07, 6.45) is 2.41. The molecule has 1 unspecified atom stereocenters. The smallest absolute Gasteiger partial charge is 0.307 e. The van der Waals surface area contributed by atoms with Crippen LogP contribution in [0.3, 0.4) is 0 Å². The van der Waals surface area contributed by atoms with Gasteiger partial charge >= 0.3 is 5.97 Å². The number of anilines is 1. The van der Waals surface area contributed by atoms with Crippen LogP contribution in [0, 0.1) is 0 Å². The van der Waals surface area contributed by atoms with Gasteiger partial charge in [0.1, 0.15) is 0 Å². The molecule has 0 aromatic heterocycles. The van der Waals surface area contributed by atoms with Gasteiger partial charge in [-0.1, -0.05) is 12.1 Å². The maximum Gasteiger partial charge on any atom is 0.307 e. The minimum Gasteiger partial charge on any atom is -0.469 e. The normalized spacial score (nSPS) is 11.9. The van der Waals surface area contributed by atoms with Crippen molar-refractivity contribution in [3.63, 3.8) is 0 Å². The van der Waals surface area contributed by atoms with Crippen LogP contribution in [0.25, 0.3) is 0 Å². The van der Waals surface area contributed by atoms with Gasteiger partial charge in [0.15, 0.2) is 0 Å². The highest BCUT2D eigenvalue weighted by molar-refractivity contribution is 7.98. The molecule has 0 spiro atoms. The fourth-order valence-electron chi connectivity index (χ4n) is 1.41. The third kappa shape index (κ3) is 3.77. The zero-order valence-corrected chi connectivity index (χ0v) is 10.6. The molecule has 0 saturated carbocycles. The lowest BCUT2D eigenvalue weighted by molar-refractivity contribution is -0.140. The number of hydrogen-bond acceptors (Lipinski definition) is 4. The molecule has 0 aliphatic carbocycles. The number of hydrogen-bond donors (Lipinski definition) is 1. The summed E-state index contributed by atoms with van der Waals surface area (Å²) in [6, 6.07) is 8.12. The predicted molar refractivity (Wildman–Crippen MR) is 67.9 cm³/mol. The molecule has 0 fully saturated rings.